The number of hydrogen-bond acceptors (Lipinski definition) is 4. The maximum Gasteiger partial charge on any atom is 0.224 e. The molecule has 2 fully saturated rings. The predicted octanol–water partition coefficient (Wildman–Crippen LogP) is 3.19. The van der Waals surface area contributed by atoms with Crippen molar-refractivity contribution in [1.29, 1.82) is 0 Å². The number of aromatic nitrogens is 2. The van der Waals surface area contributed by atoms with Crippen molar-refractivity contribution in [3.63, 3.8) is 0 Å². The number of amides is 1. The van der Waals surface area contributed by atoms with Gasteiger partial charge in [-0.25, -0.2) is 9.97 Å². The van der Waals surface area contributed by atoms with Crippen LogP contribution in [0.5, 0.6) is 0 Å². The molecule has 1 aromatic heterocycles. The molecule has 2 heterocycles. The standard InChI is InChI=1S/C18H28N4O/c1-13(2)16-9-19-12-20-18(16)21-15-8-17(23)22(11-15)10-14-6-4-3-5-7-14/h9,12-15H,3-8,10-11H2,1-2H3,(H,19,20,21)/t15-/m0/s1. The Morgan fingerprint density at radius 3 is 2.83 bits per heavy atom. The molecule has 1 saturated carbocycles. The van der Waals surface area contributed by atoms with Crippen molar-refractivity contribution in [2.24, 2.45) is 5.92 Å². The Balaban J connectivity index is 1.59. The molecule has 1 aliphatic heterocycles. The molecular weight excluding hydrogens is 288 g/mol. The molecule has 126 valence electrons. The average molecular weight is 316 g/mol. The Hall–Kier alpha value is -1.65. The average Bonchev–Trinajstić information content (AvgIpc) is 2.88. The van der Waals surface area contributed by atoms with Crippen LogP contribution in [0, 0.1) is 5.92 Å². The van der Waals surface area contributed by atoms with Crippen molar-refractivity contribution in [1.82, 2.24) is 14.9 Å². The highest BCUT2D eigenvalue weighted by molar-refractivity contribution is 5.80. The van der Waals surface area contributed by atoms with Crippen LogP contribution in [0.4, 0.5) is 5.82 Å². The van der Waals surface area contributed by atoms with Gasteiger partial charge < -0.3 is 10.2 Å². The van der Waals surface area contributed by atoms with Crippen LogP contribution in [-0.4, -0.2) is 39.9 Å². The molecule has 0 radical (unpaired) electrons. The second-order valence-electron chi connectivity index (χ2n) is 7.33. The molecule has 1 aromatic rings. The van der Waals surface area contributed by atoms with Crippen molar-refractivity contribution in [2.75, 3.05) is 18.4 Å². The topological polar surface area (TPSA) is 58.1 Å². The molecule has 1 saturated heterocycles. The van der Waals surface area contributed by atoms with Crippen molar-refractivity contribution < 1.29 is 4.79 Å². The van der Waals surface area contributed by atoms with E-state index in [1.165, 1.54) is 32.1 Å². The van der Waals surface area contributed by atoms with Crippen molar-refractivity contribution in [3.05, 3.63) is 18.1 Å². The number of carbonyl (C=O) groups excluding carboxylic acids is 1. The van der Waals surface area contributed by atoms with Gasteiger partial charge in [-0.2, -0.15) is 0 Å². The van der Waals surface area contributed by atoms with Gasteiger partial charge in [-0.15, -0.1) is 0 Å². The molecule has 1 amide bonds. The van der Waals surface area contributed by atoms with E-state index in [1.54, 1.807) is 6.33 Å². The third-order valence-corrected chi connectivity index (χ3v) is 5.12. The van der Waals surface area contributed by atoms with Gasteiger partial charge in [0.15, 0.2) is 0 Å². The fourth-order valence-electron chi connectivity index (χ4n) is 3.80. The van der Waals surface area contributed by atoms with E-state index in [1.807, 2.05) is 6.20 Å². The van der Waals surface area contributed by atoms with Gasteiger partial charge in [-0.05, 0) is 24.7 Å². The molecule has 1 aliphatic carbocycles. The smallest absolute Gasteiger partial charge is 0.224 e. The molecule has 2 aliphatic rings. The predicted molar refractivity (Wildman–Crippen MR) is 91.3 cm³/mol. The minimum absolute atomic E-state index is 0.165. The molecule has 0 bridgehead atoms. The zero-order chi connectivity index (χ0) is 16.2. The highest BCUT2D eigenvalue weighted by atomic mass is 16.2. The Bertz CT molecular complexity index is 540. The lowest BCUT2D eigenvalue weighted by Crippen LogP contribution is -2.33. The number of rotatable bonds is 5. The lowest BCUT2D eigenvalue weighted by Gasteiger charge is -2.27. The fraction of sp³-hybridized carbons (Fsp3) is 0.722. The number of hydrogen-bond donors (Lipinski definition) is 1. The van der Waals surface area contributed by atoms with E-state index >= 15 is 0 Å². The van der Waals surface area contributed by atoms with Crippen LogP contribution in [0.15, 0.2) is 12.5 Å². The molecule has 23 heavy (non-hydrogen) atoms. The summed E-state index contributed by atoms with van der Waals surface area (Å²) < 4.78 is 0. The number of carbonyl (C=O) groups is 1. The number of nitrogens with zero attached hydrogens (tertiary/aromatic N) is 3. The van der Waals surface area contributed by atoms with Crippen LogP contribution in [0.3, 0.4) is 0 Å². The van der Waals surface area contributed by atoms with Gasteiger partial charge in [0.2, 0.25) is 5.91 Å². The highest BCUT2D eigenvalue weighted by Crippen LogP contribution is 2.27. The van der Waals surface area contributed by atoms with E-state index < -0.39 is 0 Å². The molecule has 1 N–H and O–H groups in total. The fourth-order valence-corrected chi connectivity index (χ4v) is 3.80. The normalized spacial score (nSPS) is 22.8. The van der Waals surface area contributed by atoms with Crippen LogP contribution in [0.1, 0.15) is 63.9 Å². The van der Waals surface area contributed by atoms with Gasteiger partial charge in [-0.3, -0.25) is 4.79 Å². The Morgan fingerprint density at radius 2 is 2.09 bits per heavy atom. The van der Waals surface area contributed by atoms with Crippen LogP contribution in [-0.2, 0) is 4.79 Å². The SMILES string of the molecule is CC(C)c1cncnc1N[C@H]1CC(=O)N(CC2CCCCC2)C1. The highest BCUT2D eigenvalue weighted by Gasteiger charge is 2.32. The summed E-state index contributed by atoms with van der Waals surface area (Å²) in [6.07, 6.45) is 10.6. The lowest BCUT2D eigenvalue weighted by atomic mass is 9.89. The van der Waals surface area contributed by atoms with Crippen LogP contribution >= 0.6 is 0 Å². The second kappa shape index (κ2) is 7.28. The quantitative estimate of drug-likeness (QED) is 0.906. The van der Waals surface area contributed by atoms with Gasteiger partial charge in [-0.1, -0.05) is 33.1 Å². The molecule has 0 unspecified atom stereocenters. The third kappa shape index (κ3) is 4.01. The van der Waals surface area contributed by atoms with Gasteiger partial charge in [0.1, 0.15) is 12.1 Å². The first-order valence-electron chi connectivity index (χ1n) is 8.97. The maximum absolute atomic E-state index is 12.3. The van der Waals surface area contributed by atoms with Crippen LogP contribution in [0.2, 0.25) is 0 Å². The Morgan fingerprint density at radius 1 is 1.30 bits per heavy atom. The summed E-state index contributed by atoms with van der Waals surface area (Å²) in [7, 11) is 0. The first kappa shape index (κ1) is 16.2. The number of likely N-dealkylation sites (tertiary alicyclic amines) is 1. The summed E-state index contributed by atoms with van der Waals surface area (Å²) in [5, 5.41) is 3.47. The third-order valence-electron chi connectivity index (χ3n) is 5.12. The number of nitrogens with one attached hydrogen (secondary N) is 1. The Kier molecular flexibility index (Phi) is 5.13. The minimum Gasteiger partial charge on any atom is -0.365 e. The largest absolute Gasteiger partial charge is 0.365 e. The summed E-state index contributed by atoms with van der Waals surface area (Å²) in [5.74, 6) is 2.24. The summed E-state index contributed by atoms with van der Waals surface area (Å²) in [4.78, 5) is 22.9. The van der Waals surface area contributed by atoms with Crippen molar-refractivity contribution >= 4 is 11.7 Å². The summed E-state index contributed by atoms with van der Waals surface area (Å²) in [6.45, 7) is 6.02. The molecular formula is C18H28N4O. The van der Waals surface area contributed by atoms with E-state index in [9.17, 15) is 4.79 Å². The van der Waals surface area contributed by atoms with E-state index in [0.717, 1.165) is 24.5 Å². The van der Waals surface area contributed by atoms with Crippen LogP contribution in [0.25, 0.3) is 0 Å². The van der Waals surface area contributed by atoms with Crippen molar-refractivity contribution in [2.45, 2.75) is 64.3 Å². The first-order chi connectivity index (χ1) is 11.1. The van der Waals surface area contributed by atoms with Gasteiger partial charge in [0, 0.05) is 31.3 Å². The van der Waals surface area contributed by atoms with E-state index in [4.69, 9.17) is 0 Å². The van der Waals surface area contributed by atoms with Gasteiger partial charge in [0.05, 0.1) is 6.04 Å². The molecule has 5 nitrogen and oxygen atoms in total. The lowest BCUT2D eigenvalue weighted by molar-refractivity contribution is -0.128. The zero-order valence-electron chi connectivity index (χ0n) is 14.3. The van der Waals surface area contributed by atoms with Crippen LogP contribution < -0.4 is 5.32 Å². The van der Waals surface area contributed by atoms with Gasteiger partial charge in [0.25, 0.3) is 0 Å². The first-order valence-corrected chi connectivity index (χ1v) is 8.97. The van der Waals surface area contributed by atoms with E-state index in [-0.39, 0.29) is 11.9 Å². The summed E-state index contributed by atoms with van der Waals surface area (Å²) >= 11 is 0. The molecule has 5 heteroatoms. The molecule has 1 atom stereocenters. The van der Waals surface area contributed by atoms with E-state index in [2.05, 4.69) is 34.0 Å². The Labute approximate surface area is 138 Å². The summed E-state index contributed by atoms with van der Waals surface area (Å²) in [5.41, 5.74) is 1.12. The summed E-state index contributed by atoms with van der Waals surface area (Å²) in [6, 6.07) is 0.165. The molecule has 0 aromatic carbocycles. The van der Waals surface area contributed by atoms with E-state index in [0.29, 0.717) is 18.3 Å². The number of anilines is 1. The molecule has 0 spiro atoms. The minimum atomic E-state index is 0.165. The zero-order valence-corrected chi connectivity index (χ0v) is 14.3. The second-order valence-corrected chi connectivity index (χ2v) is 7.33. The van der Waals surface area contributed by atoms with Crippen molar-refractivity contribution in [3.8, 4) is 0 Å². The molecule has 3 rings (SSSR count). The monoisotopic (exact) mass is 316 g/mol. The maximum atomic E-state index is 12.3. The van der Waals surface area contributed by atoms with Gasteiger partial charge >= 0.3 is 0 Å².